The van der Waals surface area contributed by atoms with Gasteiger partial charge in [-0.2, -0.15) is 0 Å². The molecule has 184 valence electrons. The zero-order valence-electron chi connectivity index (χ0n) is 19.8. The van der Waals surface area contributed by atoms with E-state index >= 15 is 0 Å². The van der Waals surface area contributed by atoms with E-state index in [1.165, 1.54) is 25.1 Å². The van der Waals surface area contributed by atoms with Crippen LogP contribution >= 0.6 is 11.6 Å². The number of esters is 1. The Hall–Kier alpha value is -3.23. The van der Waals surface area contributed by atoms with Crippen LogP contribution in [-0.4, -0.2) is 41.6 Å². The monoisotopic (exact) mass is 499 g/mol. The molecule has 2 aromatic carbocycles. The van der Waals surface area contributed by atoms with Crippen molar-refractivity contribution < 1.29 is 23.2 Å². The first kappa shape index (κ1) is 24.9. The minimum Gasteiger partial charge on any atom is -0.445 e. The zero-order valence-corrected chi connectivity index (χ0v) is 20.6. The van der Waals surface area contributed by atoms with Gasteiger partial charge in [0.05, 0.1) is 10.6 Å². The van der Waals surface area contributed by atoms with Crippen molar-refractivity contribution in [2.24, 2.45) is 5.73 Å². The van der Waals surface area contributed by atoms with E-state index in [4.69, 9.17) is 26.6 Å². The quantitative estimate of drug-likeness (QED) is 0.486. The van der Waals surface area contributed by atoms with Gasteiger partial charge in [-0.05, 0) is 64.4 Å². The molecule has 2 N–H and O–H groups in total. The van der Waals surface area contributed by atoms with E-state index in [1.807, 2.05) is 44.4 Å². The highest BCUT2D eigenvalue weighted by Gasteiger charge is 2.51. The molecule has 9 heteroatoms. The van der Waals surface area contributed by atoms with Gasteiger partial charge in [0.15, 0.2) is 5.60 Å². The summed E-state index contributed by atoms with van der Waals surface area (Å²) < 4.78 is 25.6. The molecule has 7 nitrogen and oxygen atoms in total. The highest BCUT2D eigenvalue weighted by molar-refractivity contribution is 6.33. The number of primary amides is 1. The molecule has 0 bridgehead atoms. The van der Waals surface area contributed by atoms with Crippen molar-refractivity contribution in [2.75, 3.05) is 14.1 Å². The summed E-state index contributed by atoms with van der Waals surface area (Å²) in [5.41, 5.74) is 4.78. The molecule has 1 fully saturated rings. The van der Waals surface area contributed by atoms with Crippen LogP contribution < -0.4 is 5.73 Å². The van der Waals surface area contributed by atoms with Crippen LogP contribution in [0.25, 0.3) is 11.3 Å². The highest BCUT2D eigenvalue weighted by Crippen LogP contribution is 2.46. The van der Waals surface area contributed by atoms with Gasteiger partial charge >= 0.3 is 5.97 Å². The number of carbonyl (C=O) groups is 2. The lowest BCUT2D eigenvalue weighted by atomic mass is 9.69. The van der Waals surface area contributed by atoms with Gasteiger partial charge in [-0.25, -0.2) is 9.18 Å². The summed E-state index contributed by atoms with van der Waals surface area (Å²) in [4.78, 5) is 28.2. The van der Waals surface area contributed by atoms with Gasteiger partial charge in [-0.1, -0.05) is 53.2 Å². The fourth-order valence-corrected chi connectivity index (χ4v) is 5.20. The minimum atomic E-state index is -1.52. The molecule has 0 radical (unpaired) electrons. The smallest absolute Gasteiger partial charge is 0.345 e. The number of hydrogen-bond donors (Lipinski definition) is 1. The van der Waals surface area contributed by atoms with Gasteiger partial charge in [0, 0.05) is 5.54 Å². The van der Waals surface area contributed by atoms with E-state index in [0.29, 0.717) is 12.8 Å². The number of amides is 1. The third-order valence-corrected chi connectivity index (χ3v) is 7.37. The van der Waals surface area contributed by atoms with Crippen molar-refractivity contribution in [3.8, 4) is 11.3 Å². The first-order valence-electron chi connectivity index (χ1n) is 11.3. The van der Waals surface area contributed by atoms with Crippen molar-refractivity contribution in [3.63, 3.8) is 0 Å². The number of carbonyl (C=O) groups excluding carboxylic acids is 2. The van der Waals surface area contributed by atoms with Crippen LogP contribution in [0, 0.1) is 12.7 Å². The molecule has 1 aromatic heterocycles. The maximum Gasteiger partial charge on any atom is 0.345 e. The maximum atomic E-state index is 14.6. The molecule has 1 amide bonds. The van der Waals surface area contributed by atoms with Gasteiger partial charge in [-0.15, -0.1) is 0 Å². The minimum absolute atomic E-state index is 0.0632. The second-order valence-electron chi connectivity index (χ2n) is 9.10. The summed E-state index contributed by atoms with van der Waals surface area (Å²) in [5, 5.41) is 3.92. The number of aryl methyl sites for hydroxylation is 1. The fraction of sp³-hybridized carbons (Fsp3) is 0.346. The largest absolute Gasteiger partial charge is 0.445 e. The standard InChI is InChI=1S/C26H27ClFN3O4/c1-16-20(22(30-35-16)21-18(27)10-7-11-19(21)28)23(32)34-26(24(29)33)14-12-25(13-15-26,31(2)3)17-8-5-4-6-9-17/h4-11H,12-15H2,1-3H3,(H2,29,33). The summed E-state index contributed by atoms with van der Waals surface area (Å²) >= 11 is 6.19. The molecule has 35 heavy (non-hydrogen) atoms. The third-order valence-electron chi connectivity index (χ3n) is 7.06. The van der Waals surface area contributed by atoms with Crippen LogP contribution in [0.2, 0.25) is 5.02 Å². The molecule has 0 saturated heterocycles. The van der Waals surface area contributed by atoms with Gasteiger partial charge in [0.25, 0.3) is 5.91 Å². The molecular weight excluding hydrogens is 473 g/mol. The molecule has 1 aliphatic rings. The summed E-state index contributed by atoms with van der Waals surface area (Å²) in [5.74, 6) is -2.15. The highest BCUT2D eigenvalue weighted by atomic mass is 35.5. The second kappa shape index (κ2) is 9.43. The fourth-order valence-electron chi connectivity index (χ4n) is 4.94. The molecule has 3 aromatic rings. The number of aromatic nitrogens is 1. The van der Waals surface area contributed by atoms with Crippen molar-refractivity contribution in [3.05, 3.63) is 76.3 Å². The number of nitrogens with zero attached hydrogens (tertiary/aromatic N) is 2. The van der Waals surface area contributed by atoms with Gasteiger partial charge in [-0.3, -0.25) is 9.69 Å². The Morgan fingerprint density at radius 3 is 2.31 bits per heavy atom. The zero-order chi connectivity index (χ0) is 25.4. The summed E-state index contributed by atoms with van der Waals surface area (Å²) in [7, 11) is 3.97. The van der Waals surface area contributed by atoms with E-state index in [1.54, 1.807) is 0 Å². The van der Waals surface area contributed by atoms with Crippen molar-refractivity contribution >= 4 is 23.5 Å². The molecule has 0 aliphatic heterocycles. The van der Waals surface area contributed by atoms with Gasteiger partial charge in [0.1, 0.15) is 22.8 Å². The topological polar surface area (TPSA) is 98.7 Å². The van der Waals surface area contributed by atoms with Crippen molar-refractivity contribution in [1.29, 1.82) is 0 Å². The Morgan fingerprint density at radius 2 is 1.74 bits per heavy atom. The Morgan fingerprint density at radius 1 is 1.09 bits per heavy atom. The lowest BCUT2D eigenvalue weighted by Gasteiger charge is -2.48. The molecule has 0 spiro atoms. The number of rotatable bonds is 6. The Bertz CT molecular complexity index is 1230. The number of hydrogen-bond acceptors (Lipinski definition) is 6. The van der Waals surface area contributed by atoms with Crippen LogP contribution in [-0.2, 0) is 15.1 Å². The molecule has 1 saturated carbocycles. The van der Waals surface area contributed by atoms with Gasteiger partial charge < -0.3 is 15.0 Å². The van der Waals surface area contributed by atoms with Crippen molar-refractivity contribution in [1.82, 2.24) is 10.1 Å². The number of nitrogens with two attached hydrogens (primary N) is 1. The Kier molecular flexibility index (Phi) is 6.71. The molecule has 4 rings (SSSR count). The van der Waals surface area contributed by atoms with Crippen LogP contribution in [0.15, 0.2) is 53.1 Å². The van der Waals surface area contributed by atoms with E-state index in [9.17, 15) is 14.0 Å². The van der Waals surface area contributed by atoms with Gasteiger partial charge in [0.2, 0.25) is 0 Å². The molecule has 1 heterocycles. The SMILES string of the molecule is Cc1onc(-c2c(F)cccc2Cl)c1C(=O)OC1(C(N)=O)CCC(c2ccccc2)(N(C)C)CC1. The molecular formula is C26H27ClFN3O4. The number of ether oxygens (including phenoxy) is 1. The van der Waals surface area contributed by atoms with Crippen molar-refractivity contribution in [2.45, 2.75) is 43.7 Å². The van der Waals surface area contributed by atoms with Crippen LogP contribution in [0.5, 0.6) is 0 Å². The second-order valence-corrected chi connectivity index (χ2v) is 9.51. The normalized spacial score (nSPS) is 22.2. The third kappa shape index (κ3) is 4.32. The Labute approximate surface area is 208 Å². The lowest BCUT2D eigenvalue weighted by molar-refractivity contribution is -0.144. The van der Waals surface area contributed by atoms with E-state index < -0.39 is 23.3 Å². The summed E-state index contributed by atoms with van der Waals surface area (Å²) in [6.45, 7) is 1.51. The first-order chi connectivity index (χ1) is 16.6. The average molecular weight is 500 g/mol. The lowest BCUT2D eigenvalue weighted by Crippen LogP contribution is -2.55. The predicted molar refractivity (Wildman–Crippen MR) is 129 cm³/mol. The Balaban J connectivity index is 1.66. The molecule has 0 atom stereocenters. The van der Waals surface area contributed by atoms with E-state index in [0.717, 1.165) is 5.56 Å². The molecule has 0 unspecified atom stereocenters. The number of halogens is 2. The van der Waals surface area contributed by atoms with Crippen LogP contribution in [0.4, 0.5) is 4.39 Å². The van der Waals surface area contributed by atoms with E-state index in [-0.39, 0.29) is 46.0 Å². The first-order valence-corrected chi connectivity index (χ1v) is 11.7. The maximum absolute atomic E-state index is 14.6. The van der Waals surface area contributed by atoms with E-state index in [2.05, 4.69) is 10.1 Å². The predicted octanol–water partition coefficient (Wildman–Crippen LogP) is 4.85. The summed E-state index contributed by atoms with van der Waals surface area (Å²) in [6, 6.07) is 14.1. The van der Waals surface area contributed by atoms with Crippen LogP contribution in [0.3, 0.4) is 0 Å². The number of benzene rings is 2. The molecule has 1 aliphatic carbocycles. The summed E-state index contributed by atoms with van der Waals surface area (Å²) in [6.07, 6.45) is 1.52. The van der Waals surface area contributed by atoms with Crippen LogP contribution in [0.1, 0.15) is 47.4 Å². The average Bonchev–Trinajstić information content (AvgIpc) is 3.20.